The molecular weight excluding hydrogens is 238 g/mol. The second-order valence-electron chi connectivity index (χ2n) is 6.04. The van der Waals surface area contributed by atoms with Gasteiger partial charge in [-0.25, -0.2) is 4.79 Å². The van der Waals surface area contributed by atoms with Crippen molar-refractivity contribution in [2.45, 2.75) is 59.0 Å². The van der Waals surface area contributed by atoms with Crippen molar-refractivity contribution < 1.29 is 19.4 Å². The molecule has 0 aromatic carbocycles. The summed E-state index contributed by atoms with van der Waals surface area (Å²) >= 11 is 0. The molecule has 0 heterocycles. The fourth-order valence-electron chi connectivity index (χ4n) is 1.43. The molecule has 1 unspecified atom stereocenters. The molecule has 0 rings (SSSR count). The van der Waals surface area contributed by atoms with Gasteiger partial charge in [-0.3, -0.25) is 4.79 Å². The zero-order chi connectivity index (χ0) is 14.0. The van der Waals surface area contributed by atoms with Crippen molar-refractivity contribution in [3.05, 3.63) is 0 Å². The number of nitrogens with zero attached hydrogens (tertiary/aromatic N) is 1. The van der Waals surface area contributed by atoms with Gasteiger partial charge in [0.15, 0.2) is 8.24 Å². The lowest BCUT2D eigenvalue weighted by Gasteiger charge is -2.38. The summed E-state index contributed by atoms with van der Waals surface area (Å²) in [5, 5.41) is 9.04. The van der Waals surface area contributed by atoms with Crippen molar-refractivity contribution in [1.29, 1.82) is 0 Å². The summed E-state index contributed by atoms with van der Waals surface area (Å²) in [7, 11) is -2.10. The third-order valence-electron chi connectivity index (χ3n) is 2.06. The molecule has 1 N–H and O–H groups in total. The molecule has 100 valence electrons. The van der Waals surface area contributed by atoms with E-state index < -0.39 is 31.9 Å². The number of aliphatic carboxylic acids is 1. The highest BCUT2D eigenvalue weighted by molar-refractivity contribution is 6.75. The number of ether oxygens (including phenoxy) is 1. The van der Waals surface area contributed by atoms with Crippen molar-refractivity contribution in [2.24, 2.45) is 0 Å². The van der Waals surface area contributed by atoms with E-state index in [0.29, 0.717) is 0 Å². The molecule has 0 saturated heterocycles. The van der Waals surface area contributed by atoms with E-state index in [9.17, 15) is 9.59 Å². The van der Waals surface area contributed by atoms with Gasteiger partial charge in [0.1, 0.15) is 11.6 Å². The zero-order valence-corrected chi connectivity index (χ0v) is 12.7. The Labute approximate surface area is 104 Å². The Morgan fingerprint density at radius 1 is 1.24 bits per heavy atom. The normalized spacial score (nSPS) is 14.1. The van der Waals surface area contributed by atoms with Gasteiger partial charge in [-0.15, -0.1) is 0 Å². The maximum Gasteiger partial charge on any atom is 0.402 e. The molecular formula is C11H23NO4Si. The van der Waals surface area contributed by atoms with Crippen LogP contribution in [-0.2, 0) is 9.53 Å². The Bertz CT molecular complexity index is 304. The summed E-state index contributed by atoms with van der Waals surface area (Å²) in [5.41, 5.74) is -0.618. The third kappa shape index (κ3) is 5.21. The van der Waals surface area contributed by atoms with Gasteiger partial charge in [-0.2, -0.15) is 0 Å². The number of carboxylic acid groups (broad SMARTS) is 1. The molecule has 0 spiro atoms. The highest BCUT2D eigenvalue weighted by Crippen LogP contribution is 2.19. The standard InChI is InChI=1S/C11H23NO4Si/c1-8(9(13)14)12(17(5,6)7)10(15)16-11(2,3)4/h8H,1-7H3,(H,13,14). The molecule has 0 bridgehead atoms. The van der Waals surface area contributed by atoms with Crippen molar-refractivity contribution in [3.8, 4) is 0 Å². The van der Waals surface area contributed by atoms with Crippen LogP contribution in [0.5, 0.6) is 0 Å². The molecule has 1 atom stereocenters. The summed E-state index contributed by atoms with van der Waals surface area (Å²) in [6.45, 7) is 12.5. The van der Waals surface area contributed by atoms with Gasteiger partial charge in [-0.05, 0) is 27.7 Å². The molecule has 0 aromatic heterocycles. The molecule has 6 heteroatoms. The lowest BCUT2D eigenvalue weighted by molar-refractivity contribution is -0.141. The van der Waals surface area contributed by atoms with Gasteiger partial charge in [0.2, 0.25) is 0 Å². The minimum atomic E-state index is -2.10. The molecule has 17 heavy (non-hydrogen) atoms. The minimum Gasteiger partial charge on any atom is -0.480 e. The van der Waals surface area contributed by atoms with E-state index in [4.69, 9.17) is 9.84 Å². The van der Waals surface area contributed by atoms with Gasteiger partial charge >= 0.3 is 12.1 Å². The number of carboxylic acids is 1. The second kappa shape index (κ2) is 5.08. The maximum atomic E-state index is 12.0. The van der Waals surface area contributed by atoms with E-state index in [-0.39, 0.29) is 0 Å². The van der Waals surface area contributed by atoms with Crippen LogP contribution in [0, 0.1) is 0 Å². The molecule has 0 saturated carbocycles. The fraction of sp³-hybridized carbons (Fsp3) is 0.818. The van der Waals surface area contributed by atoms with Crippen LogP contribution in [0.1, 0.15) is 27.7 Å². The number of hydrogen-bond donors (Lipinski definition) is 1. The minimum absolute atomic E-state index is 0.549. The van der Waals surface area contributed by atoms with Gasteiger partial charge in [-0.1, -0.05) is 19.6 Å². The average Bonchev–Trinajstić information content (AvgIpc) is 1.96. The van der Waals surface area contributed by atoms with Crippen molar-refractivity contribution in [3.63, 3.8) is 0 Å². The number of rotatable bonds is 3. The highest BCUT2D eigenvalue weighted by Gasteiger charge is 2.38. The summed E-state index contributed by atoms with van der Waals surface area (Å²) in [4.78, 5) is 23.1. The summed E-state index contributed by atoms with van der Waals surface area (Å²) < 4.78 is 6.63. The van der Waals surface area contributed by atoms with Crippen LogP contribution >= 0.6 is 0 Å². The van der Waals surface area contributed by atoms with Crippen LogP contribution in [0.2, 0.25) is 19.6 Å². The second-order valence-corrected chi connectivity index (χ2v) is 10.9. The zero-order valence-electron chi connectivity index (χ0n) is 11.7. The predicted molar refractivity (Wildman–Crippen MR) is 68.5 cm³/mol. The van der Waals surface area contributed by atoms with E-state index >= 15 is 0 Å². The van der Waals surface area contributed by atoms with E-state index in [1.165, 1.54) is 11.5 Å². The summed E-state index contributed by atoms with van der Waals surface area (Å²) in [6.07, 6.45) is -0.549. The molecule has 0 fully saturated rings. The highest BCUT2D eigenvalue weighted by atomic mass is 28.3. The molecule has 5 nitrogen and oxygen atoms in total. The first-order valence-corrected chi connectivity index (χ1v) is 9.06. The molecule has 0 aromatic rings. The van der Waals surface area contributed by atoms with E-state index in [2.05, 4.69) is 0 Å². The smallest absolute Gasteiger partial charge is 0.402 e. The van der Waals surface area contributed by atoms with Gasteiger partial charge < -0.3 is 14.4 Å². The Morgan fingerprint density at radius 3 is 1.88 bits per heavy atom. The molecule has 0 radical (unpaired) electrons. The van der Waals surface area contributed by atoms with Crippen LogP contribution in [0.4, 0.5) is 4.79 Å². The van der Waals surface area contributed by atoms with Crippen molar-refractivity contribution >= 4 is 20.3 Å². The third-order valence-corrected chi connectivity index (χ3v) is 4.07. The maximum absolute atomic E-state index is 12.0. The fourth-order valence-corrected chi connectivity index (χ4v) is 3.30. The monoisotopic (exact) mass is 261 g/mol. The van der Waals surface area contributed by atoms with Crippen LogP contribution < -0.4 is 0 Å². The molecule has 0 aliphatic rings. The topological polar surface area (TPSA) is 66.8 Å². The van der Waals surface area contributed by atoms with Gasteiger partial charge in [0, 0.05) is 0 Å². The number of carbonyl (C=O) groups excluding carboxylic acids is 1. The Balaban J connectivity index is 5.09. The Kier molecular flexibility index (Phi) is 4.76. The lowest BCUT2D eigenvalue weighted by Crippen LogP contribution is -2.57. The van der Waals surface area contributed by atoms with E-state index in [1.807, 2.05) is 19.6 Å². The Morgan fingerprint density at radius 2 is 1.65 bits per heavy atom. The molecule has 0 aliphatic carbocycles. The van der Waals surface area contributed by atoms with Crippen molar-refractivity contribution in [2.75, 3.05) is 0 Å². The first-order chi connectivity index (χ1) is 7.36. The van der Waals surface area contributed by atoms with Crippen LogP contribution in [0.15, 0.2) is 0 Å². The molecule has 0 aliphatic heterocycles. The predicted octanol–water partition coefficient (Wildman–Crippen LogP) is 2.53. The first kappa shape index (κ1) is 16.0. The quantitative estimate of drug-likeness (QED) is 0.793. The van der Waals surface area contributed by atoms with Crippen LogP contribution in [-0.4, -0.2) is 41.6 Å². The first-order valence-electron chi connectivity index (χ1n) is 5.61. The van der Waals surface area contributed by atoms with Crippen LogP contribution in [0.3, 0.4) is 0 Å². The number of amides is 1. The summed E-state index contributed by atoms with van der Waals surface area (Å²) in [5.74, 6) is -1.02. The Hall–Kier alpha value is -1.04. The van der Waals surface area contributed by atoms with Gasteiger partial charge in [0.05, 0.1) is 0 Å². The largest absolute Gasteiger partial charge is 0.480 e. The van der Waals surface area contributed by atoms with Gasteiger partial charge in [0.25, 0.3) is 0 Å². The number of carbonyl (C=O) groups is 2. The SMILES string of the molecule is CC(C(=O)O)N(C(=O)OC(C)(C)C)[Si](C)(C)C. The van der Waals surface area contributed by atoms with E-state index in [0.717, 1.165) is 0 Å². The van der Waals surface area contributed by atoms with Crippen molar-refractivity contribution in [1.82, 2.24) is 4.57 Å². The lowest BCUT2D eigenvalue weighted by atomic mass is 10.2. The van der Waals surface area contributed by atoms with E-state index in [1.54, 1.807) is 20.8 Å². The number of hydrogen-bond acceptors (Lipinski definition) is 3. The molecule has 1 amide bonds. The van der Waals surface area contributed by atoms with Crippen LogP contribution in [0.25, 0.3) is 0 Å². The average molecular weight is 261 g/mol. The summed E-state index contributed by atoms with van der Waals surface area (Å²) in [6, 6.07) is -0.864.